The first-order valence-corrected chi connectivity index (χ1v) is 8.32. The molecular formula is C20H24N2O2. The van der Waals surface area contributed by atoms with Crippen molar-refractivity contribution in [2.24, 2.45) is 5.92 Å². The van der Waals surface area contributed by atoms with Crippen LogP contribution in [0, 0.1) is 5.92 Å². The van der Waals surface area contributed by atoms with Gasteiger partial charge in [-0.2, -0.15) is 0 Å². The minimum absolute atomic E-state index is 0.00334. The quantitative estimate of drug-likeness (QED) is 0.928. The van der Waals surface area contributed by atoms with Crippen LogP contribution in [0.1, 0.15) is 25.5 Å². The Hall–Kier alpha value is -2.33. The fourth-order valence-corrected chi connectivity index (χ4v) is 3.61. The van der Waals surface area contributed by atoms with E-state index in [1.54, 1.807) is 14.0 Å². The molecule has 0 saturated carbocycles. The third kappa shape index (κ3) is 3.02. The van der Waals surface area contributed by atoms with Gasteiger partial charge in [-0.3, -0.25) is 4.79 Å². The molecule has 0 bridgehead atoms. The smallest absolute Gasteiger partial charge is 0.224 e. The molecule has 0 aliphatic carbocycles. The number of hydrogen-bond acceptors (Lipinski definition) is 3. The Morgan fingerprint density at radius 2 is 1.79 bits per heavy atom. The first-order valence-electron chi connectivity index (χ1n) is 8.32. The molecule has 3 rings (SSSR count). The fraction of sp³-hybridized carbons (Fsp3) is 0.350. The molecule has 4 heteroatoms. The van der Waals surface area contributed by atoms with Crippen LogP contribution in [-0.4, -0.2) is 25.7 Å². The zero-order chi connectivity index (χ0) is 17.1. The number of nitrogens with zero attached hydrogens (tertiary/aromatic N) is 1. The number of para-hydroxylation sites is 2. The van der Waals surface area contributed by atoms with Gasteiger partial charge in [0, 0.05) is 31.3 Å². The van der Waals surface area contributed by atoms with Crippen LogP contribution in [0.25, 0.3) is 0 Å². The maximum absolute atomic E-state index is 12.3. The predicted molar refractivity (Wildman–Crippen MR) is 97.2 cm³/mol. The topological polar surface area (TPSA) is 41.6 Å². The molecule has 0 radical (unpaired) electrons. The standard InChI is InChI=1S/C20H24N2O2/c1-14-19(13-24-3)22(15(2)23)18-12-8-7-11-17(18)20(14)21-16-9-5-4-6-10-16/h4-12,14,19-21H,13H2,1-3H3. The molecule has 1 heterocycles. The number of methoxy groups -OCH3 is 1. The highest BCUT2D eigenvalue weighted by atomic mass is 16.5. The second-order valence-corrected chi connectivity index (χ2v) is 6.32. The molecule has 0 aromatic heterocycles. The molecule has 3 atom stereocenters. The number of benzene rings is 2. The van der Waals surface area contributed by atoms with E-state index in [-0.39, 0.29) is 23.9 Å². The lowest BCUT2D eigenvalue weighted by molar-refractivity contribution is -0.117. The van der Waals surface area contributed by atoms with Crippen LogP contribution in [0.15, 0.2) is 54.6 Å². The maximum atomic E-state index is 12.3. The molecule has 1 aliphatic heterocycles. The van der Waals surface area contributed by atoms with E-state index in [1.165, 1.54) is 0 Å². The van der Waals surface area contributed by atoms with Gasteiger partial charge in [-0.1, -0.05) is 43.3 Å². The van der Waals surface area contributed by atoms with Gasteiger partial charge in [0.1, 0.15) is 0 Å². The molecule has 3 unspecified atom stereocenters. The van der Waals surface area contributed by atoms with Gasteiger partial charge in [0.05, 0.1) is 18.7 Å². The van der Waals surface area contributed by atoms with Crippen LogP contribution in [0.3, 0.4) is 0 Å². The Morgan fingerprint density at radius 3 is 2.46 bits per heavy atom. The predicted octanol–water partition coefficient (Wildman–Crippen LogP) is 3.86. The first-order chi connectivity index (χ1) is 11.6. The summed E-state index contributed by atoms with van der Waals surface area (Å²) in [5.41, 5.74) is 3.20. The molecule has 0 saturated heterocycles. The highest BCUT2D eigenvalue weighted by Gasteiger charge is 2.40. The van der Waals surface area contributed by atoms with Crippen LogP contribution in [0.5, 0.6) is 0 Å². The summed E-state index contributed by atoms with van der Waals surface area (Å²) in [6.45, 7) is 4.31. The summed E-state index contributed by atoms with van der Waals surface area (Å²) in [4.78, 5) is 14.2. The van der Waals surface area contributed by atoms with E-state index in [0.29, 0.717) is 6.61 Å². The molecule has 24 heavy (non-hydrogen) atoms. The summed E-state index contributed by atoms with van der Waals surface area (Å²) >= 11 is 0. The molecule has 2 aromatic carbocycles. The molecule has 1 amide bonds. The molecule has 4 nitrogen and oxygen atoms in total. The maximum Gasteiger partial charge on any atom is 0.224 e. The van der Waals surface area contributed by atoms with Gasteiger partial charge in [0.25, 0.3) is 0 Å². The van der Waals surface area contributed by atoms with Crippen LogP contribution >= 0.6 is 0 Å². The third-order valence-corrected chi connectivity index (χ3v) is 4.77. The normalized spacial score (nSPS) is 22.8. The second-order valence-electron chi connectivity index (χ2n) is 6.32. The molecule has 126 valence electrons. The zero-order valence-electron chi connectivity index (χ0n) is 14.4. The SMILES string of the molecule is COCC1C(C)C(Nc2ccccc2)c2ccccc2N1C(C)=O. The number of ether oxygens (including phenoxy) is 1. The van der Waals surface area contributed by atoms with Gasteiger partial charge in [0.2, 0.25) is 5.91 Å². The van der Waals surface area contributed by atoms with Gasteiger partial charge in [0.15, 0.2) is 0 Å². The van der Waals surface area contributed by atoms with E-state index in [1.807, 2.05) is 41.3 Å². The zero-order valence-corrected chi connectivity index (χ0v) is 14.4. The van der Waals surface area contributed by atoms with Crippen LogP contribution in [0.4, 0.5) is 11.4 Å². The third-order valence-electron chi connectivity index (χ3n) is 4.77. The van der Waals surface area contributed by atoms with Crippen molar-refractivity contribution < 1.29 is 9.53 Å². The second kappa shape index (κ2) is 7.05. The molecule has 1 N–H and O–H groups in total. The Morgan fingerprint density at radius 1 is 1.12 bits per heavy atom. The fourth-order valence-electron chi connectivity index (χ4n) is 3.61. The Kier molecular flexibility index (Phi) is 4.86. The number of carbonyl (C=O) groups excluding carboxylic acids is 1. The van der Waals surface area contributed by atoms with Gasteiger partial charge in [-0.15, -0.1) is 0 Å². The van der Waals surface area contributed by atoms with Crippen molar-refractivity contribution in [2.45, 2.75) is 25.9 Å². The van der Waals surface area contributed by atoms with Crippen molar-refractivity contribution >= 4 is 17.3 Å². The van der Waals surface area contributed by atoms with Gasteiger partial charge in [-0.25, -0.2) is 0 Å². The number of rotatable bonds is 4. The van der Waals surface area contributed by atoms with E-state index in [4.69, 9.17) is 4.74 Å². The number of carbonyl (C=O) groups is 1. The Balaban J connectivity index is 2.04. The van der Waals surface area contributed by atoms with Crippen molar-refractivity contribution in [1.29, 1.82) is 0 Å². The molecular weight excluding hydrogens is 300 g/mol. The van der Waals surface area contributed by atoms with Gasteiger partial charge >= 0.3 is 0 Å². The Bertz CT molecular complexity index is 702. The average molecular weight is 324 g/mol. The van der Waals surface area contributed by atoms with E-state index >= 15 is 0 Å². The summed E-state index contributed by atoms with van der Waals surface area (Å²) < 4.78 is 5.42. The largest absolute Gasteiger partial charge is 0.383 e. The van der Waals surface area contributed by atoms with Crippen LogP contribution in [0.2, 0.25) is 0 Å². The molecule has 0 fully saturated rings. The van der Waals surface area contributed by atoms with Crippen molar-refractivity contribution in [3.63, 3.8) is 0 Å². The highest BCUT2D eigenvalue weighted by molar-refractivity contribution is 5.94. The number of anilines is 2. The minimum Gasteiger partial charge on any atom is -0.383 e. The van der Waals surface area contributed by atoms with E-state index in [9.17, 15) is 4.79 Å². The summed E-state index contributed by atoms with van der Waals surface area (Å²) in [7, 11) is 1.69. The monoisotopic (exact) mass is 324 g/mol. The van der Waals surface area contributed by atoms with Gasteiger partial charge < -0.3 is 15.0 Å². The van der Waals surface area contributed by atoms with Crippen LogP contribution in [-0.2, 0) is 9.53 Å². The minimum atomic E-state index is 0.00334. The lowest BCUT2D eigenvalue weighted by Gasteiger charge is -2.45. The first kappa shape index (κ1) is 16.5. The molecule has 0 spiro atoms. The van der Waals surface area contributed by atoms with Crippen molar-refractivity contribution in [1.82, 2.24) is 0 Å². The molecule has 1 aliphatic rings. The summed E-state index contributed by atoms with van der Waals surface area (Å²) in [5, 5.41) is 3.64. The number of fused-ring (bicyclic) bond motifs is 1. The van der Waals surface area contributed by atoms with E-state index in [2.05, 4.69) is 30.4 Å². The number of hydrogen-bond donors (Lipinski definition) is 1. The van der Waals surface area contributed by atoms with Gasteiger partial charge in [-0.05, 0) is 23.8 Å². The lowest BCUT2D eigenvalue weighted by atomic mass is 9.82. The summed E-state index contributed by atoms with van der Waals surface area (Å²) in [6, 6.07) is 18.4. The average Bonchev–Trinajstić information content (AvgIpc) is 2.59. The van der Waals surface area contributed by atoms with Crippen molar-refractivity contribution in [3.05, 3.63) is 60.2 Å². The van der Waals surface area contributed by atoms with Crippen molar-refractivity contribution in [3.8, 4) is 0 Å². The van der Waals surface area contributed by atoms with E-state index < -0.39 is 0 Å². The number of nitrogens with one attached hydrogen (secondary N) is 1. The van der Waals surface area contributed by atoms with E-state index in [0.717, 1.165) is 16.9 Å². The van der Waals surface area contributed by atoms with Crippen molar-refractivity contribution in [2.75, 3.05) is 23.9 Å². The summed E-state index contributed by atoms with van der Waals surface area (Å²) in [6.07, 6.45) is 0. The highest BCUT2D eigenvalue weighted by Crippen LogP contribution is 2.42. The number of amides is 1. The summed E-state index contributed by atoms with van der Waals surface area (Å²) in [5.74, 6) is 0.262. The van der Waals surface area contributed by atoms with Crippen LogP contribution < -0.4 is 10.2 Å². The molecule has 2 aromatic rings. The Labute approximate surface area is 143 Å². The lowest BCUT2D eigenvalue weighted by Crippen LogP contribution is -2.52.